The summed E-state index contributed by atoms with van der Waals surface area (Å²) >= 11 is 0. The van der Waals surface area contributed by atoms with Gasteiger partial charge in [0.25, 0.3) is 5.91 Å². The quantitative estimate of drug-likeness (QED) is 0.368. The van der Waals surface area contributed by atoms with Gasteiger partial charge in [0.15, 0.2) is 0 Å². The molecule has 7 heteroatoms. The van der Waals surface area contributed by atoms with Crippen LogP contribution in [0.4, 0.5) is 4.79 Å². The predicted octanol–water partition coefficient (Wildman–Crippen LogP) is 3.29. The summed E-state index contributed by atoms with van der Waals surface area (Å²) in [6.07, 6.45) is 7.75. The number of hydrogen-bond acceptors (Lipinski definition) is 4. The molecule has 0 saturated heterocycles. The first-order chi connectivity index (χ1) is 14.1. The van der Waals surface area contributed by atoms with Crippen LogP contribution in [0, 0.1) is 19.4 Å². The topological polar surface area (TPSA) is 87.7 Å². The van der Waals surface area contributed by atoms with Crippen LogP contribution in [0.25, 0.3) is 0 Å². The van der Waals surface area contributed by atoms with Crippen molar-refractivity contribution in [3.63, 3.8) is 0 Å². The molecule has 164 valence electrons. The Morgan fingerprint density at radius 3 is 2.40 bits per heavy atom. The summed E-state index contributed by atoms with van der Waals surface area (Å²) in [5.41, 5.74) is 0.773. The molecule has 0 fully saturated rings. The number of ether oxygens (including phenoxy) is 1. The van der Waals surface area contributed by atoms with E-state index in [1.54, 1.807) is 32.9 Å². The van der Waals surface area contributed by atoms with Crippen LogP contribution < -0.4 is 10.6 Å². The maximum absolute atomic E-state index is 13.0. The van der Waals surface area contributed by atoms with E-state index in [4.69, 9.17) is 11.2 Å². The molecule has 1 unspecified atom stereocenters. The summed E-state index contributed by atoms with van der Waals surface area (Å²) in [4.78, 5) is 38.7. The van der Waals surface area contributed by atoms with Gasteiger partial charge < -0.3 is 15.4 Å². The van der Waals surface area contributed by atoms with Crippen molar-refractivity contribution in [3.05, 3.63) is 35.4 Å². The Morgan fingerprint density at radius 1 is 1.17 bits per heavy atom. The Bertz CT molecular complexity index is 777. The largest absolute Gasteiger partial charge is 0.444 e. The molecule has 3 amide bonds. The molecule has 0 spiro atoms. The molecule has 0 aliphatic carbocycles. The molecule has 0 radical (unpaired) electrons. The number of carbonyl (C=O) groups is 3. The van der Waals surface area contributed by atoms with Gasteiger partial charge in [0.1, 0.15) is 18.2 Å². The summed E-state index contributed by atoms with van der Waals surface area (Å²) in [5.74, 6) is -0.940. The van der Waals surface area contributed by atoms with Gasteiger partial charge in [-0.25, -0.2) is 4.79 Å². The van der Waals surface area contributed by atoms with Gasteiger partial charge in [-0.3, -0.25) is 14.5 Å². The maximum Gasteiger partial charge on any atom is 0.408 e. The fourth-order valence-electron chi connectivity index (χ4n) is 2.81. The summed E-state index contributed by atoms with van der Waals surface area (Å²) < 4.78 is 5.14. The van der Waals surface area contributed by atoms with Crippen molar-refractivity contribution in [2.75, 3.05) is 13.1 Å². The number of unbranched alkanes of at least 4 members (excludes halogenated alkanes) is 2. The average Bonchev–Trinajstić information content (AvgIpc) is 2.67. The number of hydrogen-bond donors (Lipinski definition) is 2. The zero-order chi connectivity index (χ0) is 22.7. The van der Waals surface area contributed by atoms with Gasteiger partial charge in [0.05, 0.1) is 0 Å². The van der Waals surface area contributed by atoms with Gasteiger partial charge in [-0.05, 0) is 45.2 Å². The summed E-state index contributed by atoms with van der Waals surface area (Å²) in [6, 6.07) is 8.58. The molecule has 0 bridgehead atoms. The van der Waals surface area contributed by atoms with Crippen molar-refractivity contribution in [2.24, 2.45) is 0 Å². The summed E-state index contributed by atoms with van der Waals surface area (Å²) in [5, 5.41) is 5.26. The number of terminal acetylenes is 1. The maximum atomic E-state index is 13.0. The average molecular weight is 416 g/mol. The summed E-state index contributed by atoms with van der Waals surface area (Å²) in [6.45, 7) is 9.21. The Morgan fingerprint density at radius 2 is 1.83 bits per heavy atom. The molecule has 2 N–H and O–H groups in total. The minimum absolute atomic E-state index is 0.357. The number of amides is 3. The van der Waals surface area contributed by atoms with E-state index in [2.05, 4.69) is 23.6 Å². The number of rotatable bonds is 9. The highest BCUT2D eigenvalue weighted by Gasteiger charge is 2.32. The van der Waals surface area contributed by atoms with E-state index in [9.17, 15) is 14.4 Å². The zero-order valence-corrected chi connectivity index (χ0v) is 18.6. The number of nitrogens with zero attached hydrogens (tertiary/aromatic N) is 1. The van der Waals surface area contributed by atoms with Crippen LogP contribution in [-0.4, -0.2) is 41.5 Å². The molecular weight excluding hydrogens is 382 g/mol. The smallest absolute Gasteiger partial charge is 0.408 e. The lowest BCUT2D eigenvalue weighted by molar-refractivity contribution is -0.136. The van der Waals surface area contributed by atoms with Crippen LogP contribution in [-0.2, 0) is 14.3 Å². The number of carbonyl (C=O) groups excluding carboxylic acids is 3. The summed E-state index contributed by atoms with van der Waals surface area (Å²) in [7, 11) is 0. The Kier molecular flexibility index (Phi) is 9.90. The Hall–Kier alpha value is -3.01. The van der Waals surface area contributed by atoms with Gasteiger partial charge in [0.2, 0.25) is 5.91 Å². The fraction of sp³-hybridized carbons (Fsp3) is 0.522. The van der Waals surface area contributed by atoms with Crippen LogP contribution in [0.1, 0.15) is 64.1 Å². The normalized spacial score (nSPS) is 11.7. The molecule has 0 heterocycles. The van der Waals surface area contributed by atoms with Crippen LogP contribution in [0.15, 0.2) is 24.3 Å². The SMILES string of the molecule is C#CN(C(=O)CNC(=O)OC(C)(C)C)C(C(=O)NCCCCC)c1ccccc1C. The lowest BCUT2D eigenvalue weighted by Crippen LogP contribution is -2.46. The van der Waals surface area contributed by atoms with E-state index in [1.165, 1.54) is 0 Å². The molecule has 1 atom stereocenters. The number of aryl methyl sites for hydroxylation is 1. The van der Waals surface area contributed by atoms with Crippen LogP contribution in [0.2, 0.25) is 0 Å². The third-order valence-electron chi connectivity index (χ3n) is 4.26. The first-order valence-electron chi connectivity index (χ1n) is 10.2. The lowest BCUT2D eigenvalue weighted by atomic mass is 9.99. The molecule has 1 aromatic carbocycles. The molecule has 0 aliphatic heterocycles. The first kappa shape index (κ1) is 25.0. The molecule has 1 rings (SSSR count). The van der Waals surface area contributed by atoms with E-state index in [0.717, 1.165) is 29.7 Å². The van der Waals surface area contributed by atoms with Gasteiger partial charge in [-0.2, -0.15) is 0 Å². The van der Waals surface area contributed by atoms with Crippen molar-refractivity contribution in [1.29, 1.82) is 0 Å². The second-order valence-electron chi connectivity index (χ2n) is 8.01. The van der Waals surface area contributed by atoms with Gasteiger partial charge in [0, 0.05) is 12.6 Å². The molecule has 0 aromatic heterocycles. The van der Waals surface area contributed by atoms with E-state index in [1.807, 2.05) is 19.1 Å². The van der Waals surface area contributed by atoms with Crippen molar-refractivity contribution in [1.82, 2.24) is 15.5 Å². The fourth-order valence-corrected chi connectivity index (χ4v) is 2.81. The van der Waals surface area contributed by atoms with Crippen LogP contribution in [0.3, 0.4) is 0 Å². The van der Waals surface area contributed by atoms with Gasteiger partial charge in [-0.1, -0.05) is 50.5 Å². The molecular formula is C23H33N3O4. The monoisotopic (exact) mass is 415 g/mol. The second-order valence-corrected chi connectivity index (χ2v) is 8.01. The van der Waals surface area contributed by atoms with Crippen molar-refractivity contribution >= 4 is 17.9 Å². The molecule has 0 aliphatic rings. The number of benzene rings is 1. The van der Waals surface area contributed by atoms with Crippen molar-refractivity contribution < 1.29 is 19.1 Å². The van der Waals surface area contributed by atoms with Gasteiger partial charge in [-0.15, -0.1) is 0 Å². The standard InChI is InChI=1S/C23H33N3O4/c1-7-9-12-15-24-21(28)20(18-14-11-10-13-17(18)3)26(8-2)19(27)16-25-22(29)30-23(4,5)6/h2,10-11,13-14,20H,7,9,12,15-16H2,1,3-6H3,(H,24,28)(H,25,29). The Labute approximate surface area is 179 Å². The second kappa shape index (κ2) is 11.9. The third kappa shape index (κ3) is 8.16. The van der Waals surface area contributed by atoms with E-state index in [-0.39, 0.29) is 12.5 Å². The van der Waals surface area contributed by atoms with Crippen LogP contribution in [0.5, 0.6) is 0 Å². The van der Waals surface area contributed by atoms with Crippen LogP contribution >= 0.6 is 0 Å². The minimum atomic E-state index is -0.995. The predicted molar refractivity (Wildman–Crippen MR) is 116 cm³/mol. The number of nitrogens with one attached hydrogen (secondary N) is 2. The highest BCUT2D eigenvalue weighted by molar-refractivity contribution is 5.91. The van der Waals surface area contributed by atoms with Gasteiger partial charge >= 0.3 is 6.09 Å². The third-order valence-corrected chi connectivity index (χ3v) is 4.26. The Balaban J connectivity index is 3.01. The zero-order valence-electron chi connectivity index (χ0n) is 18.6. The number of alkyl carbamates (subject to hydrolysis) is 1. The minimum Gasteiger partial charge on any atom is -0.444 e. The van der Waals surface area contributed by atoms with Crippen molar-refractivity contribution in [3.8, 4) is 12.5 Å². The highest BCUT2D eigenvalue weighted by Crippen LogP contribution is 2.24. The molecule has 1 aromatic rings. The highest BCUT2D eigenvalue weighted by atomic mass is 16.6. The first-order valence-corrected chi connectivity index (χ1v) is 10.2. The van der Waals surface area contributed by atoms with E-state index in [0.29, 0.717) is 12.1 Å². The lowest BCUT2D eigenvalue weighted by Gasteiger charge is -2.28. The molecule has 0 saturated carbocycles. The van der Waals surface area contributed by atoms with E-state index >= 15 is 0 Å². The molecule has 7 nitrogen and oxygen atoms in total. The van der Waals surface area contributed by atoms with Crippen molar-refractivity contribution in [2.45, 2.75) is 65.5 Å². The van der Waals surface area contributed by atoms with E-state index < -0.39 is 23.6 Å². The molecule has 30 heavy (non-hydrogen) atoms.